The summed E-state index contributed by atoms with van der Waals surface area (Å²) in [5, 5.41) is 16.3. The lowest BCUT2D eigenvalue weighted by Crippen LogP contribution is -2.44. The Hall–Kier alpha value is -4.86. The minimum atomic E-state index is -0.746. The van der Waals surface area contributed by atoms with Crippen LogP contribution >= 0.6 is 0 Å². The van der Waals surface area contributed by atoms with E-state index in [-0.39, 0.29) is 5.91 Å². The summed E-state index contributed by atoms with van der Waals surface area (Å²) in [7, 11) is 2.11. The largest absolute Gasteiger partial charge is 0.378 e. The normalized spacial score (nSPS) is 16.0. The number of morpholine rings is 1. The molecule has 2 aliphatic heterocycles. The fraction of sp³-hybridized carbons (Fsp3) is 0.394. The molecule has 232 valence electrons. The van der Waals surface area contributed by atoms with E-state index in [1.165, 1.54) is 6.33 Å². The minimum absolute atomic E-state index is 0.244. The molecule has 0 bridgehead atoms. The van der Waals surface area contributed by atoms with Gasteiger partial charge in [-0.05, 0) is 69.3 Å². The molecule has 2 saturated heterocycles. The Balaban J connectivity index is 1.26. The second-order valence-electron chi connectivity index (χ2n) is 12.1. The van der Waals surface area contributed by atoms with Crippen molar-refractivity contribution < 1.29 is 9.53 Å². The number of amides is 1. The summed E-state index contributed by atoms with van der Waals surface area (Å²) >= 11 is 0. The van der Waals surface area contributed by atoms with Gasteiger partial charge in [0.25, 0.3) is 5.91 Å². The van der Waals surface area contributed by atoms with E-state index in [0.717, 1.165) is 61.8 Å². The van der Waals surface area contributed by atoms with Gasteiger partial charge in [0.2, 0.25) is 5.95 Å². The number of nitriles is 1. The molecule has 0 radical (unpaired) electrons. The number of rotatable bonds is 7. The lowest BCUT2D eigenvalue weighted by Gasteiger charge is -2.35. The maximum Gasteiger partial charge on any atom is 0.255 e. The Bertz CT molecular complexity index is 1750. The van der Waals surface area contributed by atoms with Gasteiger partial charge in [-0.15, -0.1) is 0 Å². The molecule has 45 heavy (non-hydrogen) atoms. The lowest BCUT2D eigenvalue weighted by atomic mass is 9.85. The van der Waals surface area contributed by atoms with Gasteiger partial charge in [0.05, 0.1) is 30.9 Å². The van der Waals surface area contributed by atoms with Gasteiger partial charge in [0.1, 0.15) is 17.4 Å². The van der Waals surface area contributed by atoms with E-state index < -0.39 is 5.41 Å². The molecule has 0 unspecified atom stereocenters. The molecular formula is C33H38N10O2. The van der Waals surface area contributed by atoms with Crippen molar-refractivity contribution in [3.05, 3.63) is 65.6 Å². The number of carbonyl (C=O) groups is 1. The van der Waals surface area contributed by atoms with Crippen LogP contribution < -0.4 is 20.4 Å². The molecular weight excluding hydrogens is 568 g/mol. The molecule has 4 aromatic rings. The molecule has 4 heterocycles. The van der Waals surface area contributed by atoms with E-state index in [4.69, 9.17) is 9.72 Å². The number of aryl methyl sites for hydroxylation is 1. The van der Waals surface area contributed by atoms with Crippen LogP contribution in [0.5, 0.6) is 0 Å². The average Bonchev–Trinajstić information content (AvgIpc) is 3.06. The predicted octanol–water partition coefficient (Wildman–Crippen LogP) is 4.11. The van der Waals surface area contributed by atoms with Gasteiger partial charge in [0.15, 0.2) is 5.82 Å². The number of benzene rings is 2. The van der Waals surface area contributed by atoms with Gasteiger partial charge < -0.3 is 30.1 Å². The van der Waals surface area contributed by atoms with Crippen LogP contribution in [-0.2, 0) is 10.2 Å². The van der Waals surface area contributed by atoms with Crippen LogP contribution in [0.25, 0.3) is 11.0 Å². The monoisotopic (exact) mass is 606 g/mol. The van der Waals surface area contributed by atoms with E-state index in [0.29, 0.717) is 47.3 Å². The van der Waals surface area contributed by atoms with Gasteiger partial charge in [0, 0.05) is 61.9 Å². The number of nitrogens with zero attached hydrogens (tertiary/aromatic N) is 8. The number of hydrogen-bond acceptors (Lipinski definition) is 11. The topological polar surface area (TPSA) is 135 Å². The van der Waals surface area contributed by atoms with Gasteiger partial charge in [-0.1, -0.05) is 6.07 Å². The van der Waals surface area contributed by atoms with Crippen molar-refractivity contribution in [1.29, 1.82) is 5.26 Å². The Kier molecular flexibility index (Phi) is 8.47. The Morgan fingerprint density at radius 2 is 1.76 bits per heavy atom. The Labute approximate surface area is 263 Å². The highest BCUT2D eigenvalue weighted by molar-refractivity contribution is 6.05. The van der Waals surface area contributed by atoms with Crippen molar-refractivity contribution in [2.24, 2.45) is 0 Å². The second kappa shape index (κ2) is 12.6. The third-order valence-corrected chi connectivity index (χ3v) is 8.46. The fourth-order valence-corrected chi connectivity index (χ4v) is 5.43. The molecule has 2 N–H and O–H groups in total. The third kappa shape index (κ3) is 6.64. The molecule has 6 rings (SSSR count). The van der Waals surface area contributed by atoms with Gasteiger partial charge in [-0.2, -0.15) is 5.26 Å². The number of fused-ring (bicyclic) bond motifs is 1. The molecule has 2 aliphatic rings. The van der Waals surface area contributed by atoms with Gasteiger partial charge >= 0.3 is 0 Å². The Morgan fingerprint density at radius 1 is 0.978 bits per heavy atom. The van der Waals surface area contributed by atoms with E-state index in [1.807, 2.05) is 57.2 Å². The summed E-state index contributed by atoms with van der Waals surface area (Å²) in [5.74, 6) is 0.914. The van der Waals surface area contributed by atoms with E-state index >= 15 is 0 Å². The summed E-state index contributed by atoms with van der Waals surface area (Å²) in [6.07, 6.45) is 3.19. The summed E-state index contributed by atoms with van der Waals surface area (Å²) in [6, 6.07) is 13.9. The van der Waals surface area contributed by atoms with Crippen LogP contribution in [0, 0.1) is 18.3 Å². The highest BCUT2D eigenvalue weighted by Gasteiger charge is 2.25. The number of likely N-dealkylation sites (N-methyl/N-ethyl adjacent to an activating group) is 1. The van der Waals surface area contributed by atoms with E-state index in [9.17, 15) is 10.1 Å². The van der Waals surface area contributed by atoms with Crippen LogP contribution in [0.4, 0.5) is 28.8 Å². The van der Waals surface area contributed by atoms with Crippen molar-refractivity contribution >= 4 is 45.8 Å². The fourth-order valence-electron chi connectivity index (χ4n) is 5.43. The van der Waals surface area contributed by atoms with Crippen molar-refractivity contribution in [1.82, 2.24) is 24.8 Å². The molecule has 2 aromatic heterocycles. The lowest BCUT2D eigenvalue weighted by molar-refractivity contribution is 0.102. The zero-order chi connectivity index (χ0) is 31.6. The smallest absolute Gasteiger partial charge is 0.255 e. The van der Waals surface area contributed by atoms with Crippen molar-refractivity contribution in [2.45, 2.75) is 26.2 Å². The maximum atomic E-state index is 13.7. The van der Waals surface area contributed by atoms with Crippen LogP contribution in [-0.4, -0.2) is 90.3 Å². The zero-order valence-corrected chi connectivity index (χ0v) is 26.2. The quantitative estimate of drug-likeness (QED) is 0.315. The predicted molar refractivity (Wildman–Crippen MR) is 175 cm³/mol. The molecule has 2 aromatic carbocycles. The maximum absolute atomic E-state index is 13.7. The number of nitrogens with one attached hydrogen (secondary N) is 2. The first-order chi connectivity index (χ1) is 21.7. The van der Waals surface area contributed by atoms with Gasteiger partial charge in [-0.25, -0.2) is 19.9 Å². The molecule has 12 heteroatoms. The zero-order valence-electron chi connectivity index (χ0n) is 26.2. The number of hydrogen-bond donors (Lipinski definition) is 2. The summed E-state index contributed by atoms with van der Waals surface area (Å²) < 4.78 is 5.47. The number of anilines is 5. The van der Waals surface area contributed by atoms with Crippen molar-refractivity contribution in [3.63, 3.8) is 0 Å². The number of ether oxygens (including phenoxy) is 1. The summed E-state index contributed by atoms with van der Waals surface area (Å²) in [4.78, 5) is 38.5. The first kappa shape index (κ1) is 30.2. The first-order valence-corrected chi connectivity index (χ1v) is 15.2. The number of carbonyl (C=O) groups excluding carboxylic acids is 1. The minimum Gasteiger partial charge on any atom is -0.378 e. The molecule has 2 fully saturated rings. The highest BCUT2D eigenvalue weighted by Crippen LogP contribution is 2.31. The summed E-state index contributed by atoms with van der Waals surface area (Å²) in [6.45, 7) is 12.0. The molecule has 0 atom stereocenters. The van der Waals surface area contributed by atoms with Crippen molar-refractivity contribution in [3.8, 4) is 6.07 Å². The molecule has 12 nitrogen and oxygen atoms in total. The van der Waals surface area contributed by atoms with Crippen molar-refractivity contribution in [2.75, 3.05) is 80.0 Å². The number of piperazine rings is 1. The molecule has 1 amide bonds. The third-order valence-electron chi connectivity index (χ3n) is 8.46. The SMILES string of the molecule is Cc1ccc(NC(=O)c2cc(N3CCN(C)CC3)cc(C(C)(C)C#N)c2)cc1Nc1ncnc2cnc(N3CCOCC3)nc12. The van der Waals surface area contributed by atoms with E-state index in [2.05, 4.69) is 53.4 Å². The Morgan fingerprint density at radius 3 is 2.51 bits per heavy atom. The standard InChI is InChI=1S/C33H38N10O2/c1-22-5-6-25(18-27(22)39-30-29-28(36-21-37-30)19-35-32(40-29)43-11-13-45-14-12-43)38-31(44)23-15-24(33(2,3)20-34)17-26(16-23)42-9-7-41(4)8-10-42/h5-6,15-19,21H,7-14H2,1-4H3,(H,38,44)(H,36,37,39). The molecule has 0 saturated carbocycles. The van der Waals surface area contributed by atoms with Crippen LogP contribution in [0.1, 0.15) is 35.3 Å². The second-order valence-corrected chi connectivity index (χ2v) is 12.1. The first-order valence-electron chi connectivity index (χ1n) is 15.2. The highest BCUT2D eigenvalue weighted by atomic mass is 16.5. The molecule has 0 spiro atoms. The van der Waals surface area contributed by atoms with Gasteiger partial charge in [-0.3, -0.25) is 4.79 Å². The van der Waals surface area contributed by atoms with Crippen LogP contribution in [0.15, 0.2) is 48.9 Å². The number of aromatic nitrogens is 4. The van der Waals surface area contributed by atoms with Crippen LogP contribution in [0.3, 0.4) is 0 Å². The average molecular weight is 607 g/mol. The summed E-state index contributed by atoms with van der Waals surface area (Å²) in [5.41, 5.74) is 5.13. The van der Waals surface area contributed by atoms with Crippen LogP contribution in [0.2, 0.25) is 0 Å². The van der Waals surface area contributed by atoms with E-state index in [1.54, 1.807) is 6.20 Å². The molecule has 0 aliphatic carbocycles.